The number of nitrogens with zero attached hydrogens (tertiary/aromatic N) is 1. The summed E-state index contributed by atoms with van der Waals surface area (Å²) in [5, 5.41) is 8.99. The molecular weight excluding hydrogens is 342 g/mol. The monoisotopic (exact) mass is 361 g/mol. The second kappa shape index (κ2) is 8.86. The maximum atomic E-state index is 10.9. The lowest BCUT2D eigenvalue weighted by Gasteiger charge is -2.21. The van der Waals surface area contributed by atoms with Crippen LogP contribution in [0.4, 0.5) is 0 Å². The van der Waals surface area contributed by atoms with Crippen molar-refractivity contribution in [2.24, 2.45) is 0 Å². The van der Waals surface area contributed by atoms with Gasteiger partial charge < -0.3 is 19.3 Å². The van der Waals surface area contributed by atoms with Crippen molar-refractivity contribution in [1.82, 2.24) is 4.90 Å². The maximum absolute atomic E-state index is 10.9. The van der Waals surface area contributed by atoms with Crippen LogP contribution in [0, 0.1) is 0 Å². The molecular formula is C14H20BrNO5. The highest BCUT2D eigenvalue weighted by Crippen LogP contribution is 2.33. The minimum atomic E-state index is -0.880. The number of hydrogen-bond acceptors (Lipinski definition) is 5. The second-order valence-electron chi connectivity index (χ2n) is 4.40. The van der Waals surface area contributed by atoms with Crippen molar-refractivity contribution in [2.75, 3.05) is 41.0 Å². The van der Waals surface area contributed by atoms with Gasteiger partial charge in [-0.15, -0.1) is 0 Å². The van der Waals surface area contributed by atoms with Crippen LogP contribution in [0.25, 0.3) is 0 Å². The van der Waals surface area contributed by atoms with E-state index in [1.54, 1.807) is 26.2 Å². The molecule has 0 heterocycles. The third-order valence-corrected chi connectivity index (χ3v) is 3.54. The molecule has 0 saturated carbocycles. The summed E-state index contributed by atoms with van der Waals surface area (Å²) in [6, 6.07) is 3.65. The van der Waals surface area contributed by atoms with Crippen LogP contribution in [0.5, 0.6) is 11.5 Å². The number of carbonyl (C=O) groups is 1. The molecule has 0 saturated heterocycles. The van der Waals surface area contributed by atoms with Gasteiger partial charge in [-0.25, -0.2) is 0 Å². The summed E-state index contributed by atoms with van der Waals surface area (Å²) in [6.45, 7) is 1.35. The highest BCUT2D eigenvalue weighted by atomic mass is 79.9. The lowest BCUT2D eigenvalue weighted by molar-refractivity contribution is -0.138. The van der Waals surface area contributed by atoms with E-state index in [0.717, 1.165) is 10.0 Å². The standard InChI is InChI=1S/C14H20BrNO5/c1-19-5-4-16(9-14(17)18)8-10-6-13(21-3)11(15)7-12(10)20-2/h6-7H,4-5,8-9H2,1-3H3,(H,17,18). The zero-order chi connectivity index (χ0) is 15.8. The molecule has 0 aliphatic rings. The Kier molecular flexibility index (Phi) is 7.49. The van der Waals surface area contributed by atoms with Gasteiger partial charge in [0, 0.05) is 25.8 Å². The van der Waals surface area contributed by atoms with Crippen LogP contribution >= 0.6 is 15.9 Å². The molecule has 0 aromatic heterocycles. The summed E-state index contributed by atoms with van der Waals surface area (Å²) < 4.78 is 16.4. The minimum Gasteiger partial charge on any atom is -0.496 e. The number of benzene rings is 1. The molecule has 0 spiro atoms. The van der Waals surface area contributed by atoms with Crippen LogP contribution in [0.1, 0.15) is 5.56 Å². The first-order valence-corrected chi connectivity index (χ1v) is 7.14. The first-order chi connectivity index (χ1) is 10.0. The molecule has 0 amide bonds. The maximum Gasteiger partial charge on any atom is 0.317 e. The van der Waals surface area contributed by atoms with Crippen molar-refractivity contribution in [1.29, 1.82) is 0 Å². The Hall–Kier alpha value is -1.31. The van der Waals surface area contributed by atoms with Crippen molar-refractivity contribution in [3.63, 3.8) is 0 Å². The van der Waals surface area contributed by atoms with E-state index in [2.05, 4.69) is 15.9 Å². The average molecular weight is 362 g/mol. The number of ether oxygens (including phenoxy) is 3. The minimum absolute atomic E-state index is 0.0646. The number of carboxylic acids is 1. The van der Waals surface area contributed by atoms with Gasteiger partial charge in [0.1, 0.15) is 11.5 Å². The van der Waals surface area contributed by atoms with Gasteiger partial charge >= 0.3 is 5.97 Å². The molecule has 0 bridgehead atoms. The summed E-state index contributed by atoms with van der Waals surface area (Å²) in [7, 11) is 4.74. The van der Waals surface area contributed by atoms with Gasteiger partial charge in [0.2, 0.25) is 0 Å². The van der Waals surface area contributed by atoms with E-state index in [1.165, 1.54) is 0 Å². The molecule has 0 unspecified atom stereocenters. The predicted molar refractivity (Wildman–Crippen MR) is 82.0 cm³/mol. The summed E-state index contributed by atoms with van der Waals surface area (Å²) >= 11 is 3.40. The third kappa shape index (κ3) is 5.53. The number of rotatable bonds is 9. The Bertz CT molecular complexity index is 481. The van der Waals surface area contributed by atoms with Crippen molar-refractivity contribution < 1.29 is 24.1 Å². The Morgan fingerprint density at radius 2 is 1.90 bits per heavy atom. The van der Waals surface area contributed by atoms with E-state index in [0.29, 0.717) is 31.2 Å². The lowest BCUT2D eigenvalue weighted by atomic mass is 10.1. The first kappa shape index (κ1) is 17.7. The normalized spacial score (nSPS) is 10.7. The van der Waals surface area contributed by atoms with Crippen molar-refractivity contribution >= 4 is 21.9 Å². The van der Waals surface area contributed by atoms with E-state index < -0.39 is 5.97 Å². The van der Waals surface area contributed by atoms with Gasteiger partial charge in [-0.05, 0) is 28.1 Å². The fourth-order valence-electron chi connectivity index (χ4n) is 1.91. The molecule has 0 aliphatic carbocycles. The van der Waals surface area contributed by atoms with Gasteiger partial charge in [-0.2, -0.15) is 0 Å². The molecule has 1 aromatic carbocycles. The van der Waals surface area contributed by atoms with Gasteiger partial charge in [0.15, 0.2) is 0 Å². The SMILES string of the molecule is COCCN(CC(=O)O)Cc1cc(OC)c(Br)cc1OC. The van der Waals surface area contributed by atoms with E-state index >= 15 is 0 Å². The van der Waals surface area contributed by atoms with Crippen molar-refractivity contribution in [2.45, 2.75) is 6.54 Å². The number of halogens is 1. The van der Waals surface area contributed by atoms with Crippen LogP contribution < -0.4 is 9.47 Å². The molecule has 1 N–H and O–H groups in total. The van der Waals surface area contributed by atoms with Crippen molar-refractivity contribution in [3.8, 4) is 11.5 Å². The molecule has 6 nitrogen and oxygen atoms in total. The van der Waals surface area contributed by atoms with Crippen LogP contribution in [-0.2, 0) is 16.1 Å². The predicted octanol–water partition coefficient (Wildman–Crippen LogP) is 2.00. The summed E-state index contributed by atoms with van der Waals surface area (Å²) in [5.74, 6) is 0.470. The fraction of sp³-hybridized carbons (Fsp3) is 0.500. The second-order valence-corrected chi connectivity index (χ2v) is 5.25. The zero-order valence-electron chi connectivity index (χ0n) is 12.4. The van der Waals surface area contributed by atoms with E-state index in [1.807, 2.05) is 12.1 Å². The molecule has 1 aromatic rings. The first-order valence-electron chi connectivity index (χ1n) is 6.35. The van der Waals surface area contributed by atoms with Crippen LogP contribution in [-0.4, -0.2) is 57.0 Å². The molecule has 21 heavy (non-hydrogen) atoms. The quantitative estimate of drug-likeness (QED) is 0.725. The molecule has 1 rings (SSSR count). The van der Waals surface area contributed by atoms with E-state index in [9.17, 15) is 4.79 Å². The molecule has 0 radical (unpaired) electrons. The van der Waals surface area contributed by atoms with E-state index in [-0.39, 0.29) is 6.54 Å². The number of aliphatic carboxylic acids is 1. The Balaban J connectivity index is 2.97. The molecule has 0 aliphatic heterocycles. The van der Waals surface area contributed by atoms with Crippen LogP contribution in [0.2, 0.25) is 0 Å². The van der Waals surface area contributed by atoms with Crippen molar-refractivity contribution in [3.05, 3.63) is 22.2 Å². The largest absolute Gasteiger partial charge is 0.496 e. The molecule has 0 fully saturated rings. The number of carboxylic acid groups (broad SMARTS) is 1. The summed E-state index contributed by atoms with van der Waals surface area (Å²) in [5.41, 5.74) is 0.856. The molecule has 0 atom stereocenters. The smallest absolute Gasteiger partial charge is 0.317 e. The highest BCUT2D eigenvalue weighted by molar-refractivity contribution is 9.10. The fourth-order valence-corrected chi connectivity index (χ4v) is 2.40. The van der Waals surface area contributed by atoms with Gasteiger partial charge in [-0.1, -0.05) is 0 Å². The lowest BCUT2D eigenvalue weighted by Crippen LogP contribution is -2.32. The summed E-state index contributed by atoms with van der Waals surface area (Å²) in [6.07, 6.45) is 0. The Morgan fingerprint density at radius 1 is 1.24 bits per heavy atom. The van der Waals surface area contributed by atoms with E-state index in [4.69, 9.17) is 19.3 Å². The number of methoxy groups -OCH3 is 3. The van der Waals surface area contributed by atoms with Gasteiger partial charge in [0.05, 0.1) is 31.8 Å². The number of hydrogen-bond donors (Lipinski definition) is 1. The molecule has 118 valence electrons. The highest BCUT2D eigenvalue weighted by Gasteiger charge is 2.15. The van der Waals surface area contributed by atoms with Gasteiger partial charge in [-0.3, -0.25) is 9.69 Å². The topological polar surface area (TPSA) is 68.2 Å². The summed E-state index contributed by atoms with van der Waals surface area (Å²) in [4.78, 5) is 12.7. The zero-order valence-corrected chi connectivity index (χ0v) is 14.0. The van der Waals surface area contributed by atoms with Gasteiger partial charge in [0.25, 0.3) is 0 Å². The Morgan fingerprint density at radius 3 is 2.43 bits per heavy atom. The average Bonchev–Trinajstić information content (AvgIpc) is 2.45. The van der Waals surface area contributed by atoms with Crippen LogP contribution in [0.15, 0.2) is 16.6 Å². The third-order valence-electron chi connectivity index (χ3n) is 2.92. The van der Waals surface area contributed by atoms with Crippen LogP contribution in [0.3, 0.4) is 0 Å². The Labute approximate surface area is 132 Å². The molecule has 7 heteroatoms.